The van der Waals surface area contributed by atoms with Crippen molar-refractivity contribution >= 4 is 5.97 Å². The highest BCUT2D eigenvalue weighted by Gasteiger charge is 2.09. The molecule has 0 heterocycles. The maximum absolute atomic E-state index is 11.6. The van der Waals surface area contributed by atoms with Gasteiger partial charge in [0.05, 0.1) is 5.56 Å². The quantitative estimate of drug-likeness (QED) is 0.339. The summed E-state index contributed by atoms with van der Waals surface area (Å²) in [5, 5.41) is 20.8. The number of aryl methyl sites for hydroxylation is 1. The minimum absolute atomic E-state index is 0.0495. The highest BCUT2D eigenvalue weighted by molar-refractivity contribution is 5.92. The molecule has 0 aliphatic heterocycles. The average Bonchev–Trinajstić information content (AvgIpc) is 2.58. The summed E-state index contributed by atoms with van der Waals surface area (Å²) in [6.45, 7) is 2.24. The normalized spacial score (nSPS) is 11.2. The monoisotopic (exact) mass is 345 g/mol. The molecule has 0 saturated heterocycles. The molecule has 0 amide bonds. The molecule has 3 heteroatoms. The molecule has 25 heavy (non-hydrogen) atoms. The summed E-state index contributed by atoms with van der Waals surface area (Å²) in [6.07, 6.45) is 18.6. The van der Waals surface area contributed by atoms with E-state index < -0.39 is 5.97 Å². The Hall–Kier alpha value is -1.77. The van der Waals surface area contributed by atoms with Gasteiger partial charge in [-0.2, -0.15) is 0 Å². The standard InChI is InChI=1S/C22H34O3/c1-2-3-4-5-6-7-8-9-10-11-12-13-14-16-19-17-15-18-20(23)21(19)22(24)25/h7-8,15,17-18,23H,2-6,9-14,16H2,1H3,(H,24,25)/p-1/b8-7-. The first-order chi connectivity index (χ1) is 12.2. The van der Waals surface area contributed by atoms with E-state index in [0.717, 1.165) is 19.3 Å². The van der Waals surface area contributed by atoms with Crippen molar-refractivity contribution in [3.63, 3.8) is 0 Å². The third-order valence-corrected chi connectivity index (χ3v) is 4.53. The Morgan fingerprint density at radius 1 is 0.960 bits per heavy atom. The number of hydrogen-bond donors (Lipinski definition) is 1. The summed E-state index contributed by atoms with van der Waals surface area (Å²) >= 11 is 0. The van der Waals surface area contributed by atoms with Crippen LogP contribution >= 0.6 is 0 Å². The molecule has 0 saturated carbocycles. The van der Waals surface area contributed by atoms with Crippen LogP contribution in [0.2, 0.25) is 0 Å². The molecule has 0 spiro atoms. The minimum atomic E-state index is -1.11. The lowest BCUT2D eigenvalue weighted by Gasteiger charge is -2.14. The van der Waals surface area contributed by atoms with E-state index in [1.807, 2.05) is 0 Å². The van der Waals surface area contributed by atoms with Crippen LogP contribution in [0.5, 0.6) is 5.75 Å². The maximum Gasteiger partial charge on any atom is 0.335 e. The van der Waals surface area contributed by atoms with E-state index in [-0.39, 0.29) is 11.3 Å². The van der Waals surface area contributed by atoms with Gasteiger partial charge in [0.25, 0.3) is 0 Å². The molecule has 1 N–H and O–H groups in total. The lowest BCUT2D eigenvalue weighted by atomic mass is 9.99. The van der Waals surface area contributed by atoms with Crippen LogP contribution in [0, 0.1) is 0 Å². The fourth-order valence-corrected chi connectivity index (χ4v) is 3.06. The molecule has 0 unspecified atom stereocenters. The van der Waals surface area contributed by atoms with E-state index in [9.17, 15) is 9.90 Å². The van der Waals surface area contributed by atoms with Crippen molar-refractivity contribution < 1.29 is 15.0 Å². The molecule has 0 bridgehead atoms. The fraction of sp³-hybridized carbons (Fsp3) is 0.591. The minimum Gasteiger partial charge on any atom is -0.872 e. The molecule has 0 fully saturated rings. The largest absolute Gasteiger partial charge is 0.872 e. The third kappa shape index (κ3) is 9.33. The van der Waals surface area contributed by atoms with Crippen LogP contribution in [0.15, 0.2) is 30.4 Å². The molecule has 1 aromatic rings. The van der Waals surface area contributed by atoms with Gasteiger partial charge in [-0.3, -0.25) is 0 Å². The smallest absolute Gasteiger partial charge is 0.335 e. The molecule has 1 rings (SSSR count). The number of unbranched alkanes of at least 4 members (excludes halogenated alkanes) is 9. The Labute approximate surface area is 152 Å². The van der Waals surface area contributed by atoms with Gasteiger partial charge < -0.3 is 10.2 Å². The van der Waals surface area contributed by atoms with Crippen molar-refractivity contribution in [3.8, 4) is 5.75 Å². The van der Waals surface area contributed by atoms with Gasteiger partial charge in [0.15, 0.2) is 0 Å². The summed E-state index contributed by atoms with van der Waals surface area (Å²) < 4.78 is 0. The Balaban J connectivity index is 2.07. The molecule has 0 aliphatic carbocycles. The van der Waals surface area contributed by atoms with Gasteiger partial charge in [-0.1, -0.05) is 81.5 Å². The van der Waals surface area contributed by atoms with Gasteiger partial charge in [-0.25, -0.2) is 4.79 Å². The second-order valence-corrected chi connectivity index (χ2v) is 6.72. The zero-order valence-electron chi connectivity index (χ0n) is 15.6. The van der Waals surface area contributed by atoms with Crippen LogP contribution in [0.4, 0.5) is 0 Å². The Kier molecular flexibility index (Phi) is 11.5. The predicted molar refractivity (Wildman–Crippen MR) is 102 cm³/mol. The van der Waals surface area contributed by atoms with Gasteiger partial charge in [-0.05, 0) is 44.1 Å². The van der Waals surface area contributed by atoms with Gasteiger partial charge in [0.2, 0.25) is 0 Å². The van der Waals surface area contributed by atoms with Crippen molar-refractivity contribution in [1.82, 2.24) is 0 Å². The van der Waals surface area contributed by atoms with E-state index >= 15 is 0 Å². The van der Waals surface area contributed by atoms with Gasteiger partial charge >= 0.3 is 5.97 Å². The number of carbonyl (C=O) groups is 1. The molecular weight excluding hydrogens is 312 g/mol. The van der Waals surface area contributed by atoms with E-state index in [2.05, 4.69) is 19.1 Å². The topological polar surface area (TPSA) is 60.4 Å². The van der Waals surface area contributed by atoms with Crippen molar-refractivity contribution in [3.05, 3.63) is 41.5 Å². The van der Waals surface area contributed by atoms with Crippen LogP contribution < -0.4 is 5.11 Å². The third-order valence-electron chi connectivity index (χ3n) is 4.53. The summed E-state index contributed by atoms with van der Waals surface area (Å²) in [4.78, 5) is 11.2. The van der Waals surface area contributed by atoms with Crippen molar-refractivity contribution in [2.75, 3.05) is 0 Å². The SMILES string of the molecule is CCCCCC/C=C\CCCCCCCc1cccc([O-])c1C(=O)O. The molecular formula is C22H33O3-. The van der Waals surface area contributed by atoms with Gasteiger partial charge in [0, 0.05) is 0 Å². The number of aromatic carboxylic acids is 1. The van der Waals surface area contributed by atoms with Crippen molar-refractivity contribution in [1.29, 1.82) is 0 Å². The number of rotatable bonds is 14. The number of benzene rings is 1. The molecule has 3 nitrogen and oxygen atoms in total. The predicted octanol–water partition coefficient (Wildman–Crippen LogP) is 5.87. The van der Waals surface area contributed by atoms with E-state index in [1.165, 1.54) is 57.4 Å². The highest BCUT2D eigenvalue weighted by Crippen LogP contribution is 2.21. The number of hydrogen-bond acceptors (Lipinski definition) is 2. The van der Waals surface area contributed by atoms with Crippen LogP contribution in [0.3, 0.4) is 0 Å². The zero-order valence-corrected chi connectivity index (χ0v) is 15.6. The second kappa shape index (κ2) is 13.5. The highest BCUT2D eigenvalue weighted by atomic mass is 16.4. The molecule has 0 atom stereocenters. The summed E-state index contributed by atoms with van der Waals surface area (Å²) in [5.74, 6) is -1.49. The molecule has 0 radical (unpaired) electrons. The maximum atomic E-state index is 11.6. The summed E-state index contributed by atoms with van der Waals surface area (Å²) in [7, 11) is 0. The fourth-order valence-electron chi connectivity index (χ4n) is 3.06. The van der Waals surface area contributed by atoms with Crippen molar-refractivity contribution in [2.24, 2.45) is 0 Å². The van der Waals surface area contributed by atoms with Crippen LogP contribution in [0.1, 0.15) is 93.5 Å². The van der Waals surface area contributed by atoms with Gasteiger partial charge in [-0.15, -0.1) is 0 Å². The van der Waals surface area contributed by atoms with E-state index in [4.69, 9.17) is 5.11 Å². The molecule has 0 aromatic heterocycles. The Bertz CT molecular complexity index is 520. The van der Waals surface area contributed by atoms with E-state index in [1.54, 1.807) is 12.1 Å². The number of carboxylic acids is 1. The number of allylic oxidation sites excluding steroid dienone is 2. The average molecular weight is 346 g/mol. The van der Waals surface area contributed by atoms with Crippen LogP contribution in [0.25, 0.3) is 0 Å². The van der Waals surface area contributed by atoms with Crippen LogP contribution in [-0.4, -0.2) is 11.1 Å². The van der Waals surface area contributed by atoms with Crippen molar-refractivity contribution in [2.45, 2.75) is 84.0 Å². The molecule has 1 aromatic carbocycles. The van der Waals surface area contributed by atoms with Crippen LogP contribution in [-0.2, 0) is 6.42 Å². The first-order valence-electron chi connectivity index (χ1n) is 9.84. The van der Waals surface area contributed by atoms with E-state index in [0.29, 0.717) is 12.0 Å². The first kappa shape index (κ1) is 21.3. The second-order valence-electron chi connectivity index (χ2n) is 6.72. The lowest BCUT2D eigenvalue weighted by Crippen LogP contribution is -2.08. The Morgan fingerprint density at radius 3 is 2.20 bits per heavy atom. The number of carboxylic acid groups (broad SMARTS) is 1. The lowest BCUT2D eigenvalue weighted by molar-refractivity contribution is -0.268. The summed E-state index contributed by atoms with van der Waals surface area (Å²) in [6, 6.07) is 4.74. The van der Waals surface area contributed by atoms with Gasteiger partial charge in [0.1, 0.15) is 0 Å². The first-order valence-corrected chi connectivity index (χ1v) is 9.84. The summed E-state index contributed by atoms with van der Waals surface area (Å²) in [5.41, 5.74) is 0.623. The zero-order chi connectivity index (χ0) is 18.3. The molecule has 0 aliphatic rings. The Morgan fingerprint density at radius 2 is 1.56 bits per heavy atom. The molecule has 140 valence electrons.